The van der Waals surface area contributed by atoms with Gasteiger partial charge in [-0.1, -0.05) is 36.4 Å². The molecular formula is C28H28N4O6. The van der Waals surface area contributed by atoms with Gasteiger partial charge in [-0.3, -0.25) is 14.4 Å². The van der Waals surface area contributed by atoms with Crippen LogP contribution in [0.1, 0.15) is 21.5 Å². The summed E-state index contributed by atoms with van der Waals surface area (Å²) >= 11 is 0. The minimum absolute atomic E-state index is 0.240. The summed E-state index contributed by atoms with van der Waals surface area (Å²) in [5, 5.41) is 6.40. The molecule has 0 atom stereocenters. The van der Waals surface area contributed by atoms with E-state index in [0.29, 0.717) is 49.8 Å². The van der Waals surface area contributed by atoms with Gasteiger partial charge in [0.2, 0.25) is 0 Å². The standard InChI is InChI=1S/C28H28N4O6/c1-36-22-9-6-7-20(17-22)19-38-25-12-5-2-8-21(25)18-29-31-27(34)26(33)30-24-11-4-3-10-23(24)28(35)32-13-15-37-16-14-32/h2-12,17-18H,13-16,19H2,1H3,(H,30,33)(H,31,34). The summed E-state index contributed by atoms with van der Waals surface area (Å²) in [5.41, 5.74) is 4.28. The number of anilines is 1. The highest BCUT2D eigenvalue weighted by atomic mass is 16.5. The molecule has 0 bridgehead atoms. The molecular weight excluding hydrogens is 488 g/mol. The highest BCUT2D eigenvalue weighted by molar-refractivity contribution is 6.40. The number of para-hydroxylation sites is 2. The summed E-state index contributed by atoms with van der Waals surface area (Å²) in [6.07, 6.45) is 1.39. The molecule has 0 aromatic heterocycles. The van der Waals surface area contributed by atoms with Gasteiger partial charge in [0.05, 0.1) is 37.8 Å². The zero-order valence-electron chi connectivity index (χ0n) is 20.9. The molecule has 1 fully saturated rings. The predicted molar refractivity (Wildman–Crippen MR) is 141 cm³/mol. The van der Waals surface area contributed by atoms with Crippen LogP contribution < -0.4 is 20.2 Å². The van der Waals surface area contributed by atoms with Crippen molar-refractivity contribution in [1.29, 1.82) is 0 Å². The molecule has 0 aliphatic carbocycles. The Bertz CT molecular complexity index is 1320. The molecule has 1 aliphatic rings. The van der Waals surface area contributed by atoms with Crippen LogP contribution in [0, 0.1) is 0 Å². The van der Waals surface area contributed by atoms with E-state index in [1.807, 2.05) is 30.3 Å². The van der Waals surface area contributed by atoms with Crippen LogP contribution in [0.3, 0.4) is 0 Å². The number of hydrogen-bond donors (Lipinski definition) is 2. The number of rotatable bonds is 8. The lowest BCUT2D eigenvalue weighted by Gasteiger charge is -2.27. The minimum atomic E-state index is -0.982. The van der Waals surface area contributed by atoms with Crippen molar-refractivity contribution in [2.75, 3.05) is 38.7 Å². The smallest absolute Gasteiger partial charge is 0.329 e. The topological polar surface area (TPSA) is 119 Å². The molecule has 3 aromatic carbocycles. The van der Waals surface area contributed by atoms with Crippen LogP contribution >= 0.6 is 0 Å². The molecule has 3 amide bonds. The molecule has 0 saturated carbocycles. The van der Waals surface area contributed by atoms with Crippen LogP contribution in [0.4, 0.5) is 5.69 Å². The molecule has 0 radical (unpaired) electrons. The zero-order chi connectivity index (χ0) is 26.7. The Morgan fingerprint density at radius 1 is 0.974 bits per heavy atom. The fraction of sp³-hybridized carbons (Fsp3) is 0.214. The third kappa shape index (κ3) is 6.95. The van der Waals surface area contributed by atoms with Crippen LogP contribution in [0.5, 0.6) is 11.5 Å². The van der Waals surface area contributed by atoms with E-state index in [2.05, 4.69) is 15.8 Å². The molecule has 3 aromatic rings. The molecule has 0 spiro atoms. The molecule has 196 valence electrons. The average Bonchev–Trinajstić information content (AvgIpc) is 2.97. The number of nitrogens with one attached hydrogen (secondary N) is 2. The first-order valence-corrected chi connectivity index (χ1v) is 12.0. The summed E-state index contributed by atoms with van der Waals surface area (Å²) in [7, 11) is 1.60. The maximum atomic E-state index is 12.9. The lowest BCUT2D eigenvalue weighted by atomic mass is 10.1. The Hall–Kier alpha value is -4.70. The van der Waals surface area contributed by atoms with Gasteiger partial charge in [-0.25, -0.2) is 5.43 Å². The molecule has 4 rings (SSSR count). The van der Waals surface area contributed by atoms with E-state index in [1.54, 1.807) is 54.5 Å². The van der Waals surface area contributed by atoms with Crippen LogP contribution in [0.15, 0.2) is 77.9 Å². The Morgan fingerprint density at radius 3 is 2.55 bits per heavy atom. The number of nitrogens with zero attached hydrogens (tertiary/aromatic N) is 2. The van der Waals surface area contributed by atoms with E-state index in [0.717, 1.165) is 11.3 Å². The quantitative estimate of drug-likeness (QED) is 0.270. The third-order valence-corrected chi connectivity index (χ3v) is 5.73. The van der Waals surface area contributed by atoms with Gasteiger partial charge in [-0.05, 0) is 42.0 Å². The van der Waals surface area contributed by atoms with Crippen molar-refractivity contribution in [3.05, 3.63) is 89.5 Å². The lowest BCUT2D eigenvalue weighted by molar-refractivity contribution is -0.136. The summed E-state index contributed by atoms with van der Waals surface area (Å²) in [6, 6.07) is 21.2. The van der Waals surface area contributed by atoms with Crippen molar-refractivity contribution in [1.82, 2.24) is 10.3 Å². The number of hydrogen-bond acceptors (Lipinski definition) is 7. The van der Waals surface area contributed by atoms with Crippen molar-refractivity contribution < 1.29 is 28.6 Å². The molecule has 1 heterocycles. The van der Waals surface area contributed by atoms with Crippen molar-refractivity contribution in [2.45, 2.75) is 6.61 Å². The molecule has 1 saturated heterocycles. The molecule has 10 nitrogen and oxygen atoms in total. The van der Waals surface area contributed by atoms with Gasteiger partial charge in [0, 0.05) is 18.7 Å². The number of hydrazone groups is 1. The maximum absolute atomic E-state index is 12.9. The van der Waals surface area contributed by atoms with Crippen molar-refractivity contribution in [2.24, 2.45) is 5.10 Å². The summed E-state index contributed by atoms with van der Waals surface area (Å²) in [4.78, 5) is 39.4. The summed E-state index contributed by atoms with van der Waals surface area (Å²) in [6.45, 7) is 2.13. The van der Waals surface area contributed by atoms with E-state index in [9.17, 15) is 14.4 Å². The fourth-order valence-corrected chi connectivity index (χ4v) is 3.75. The second-order valence-electron chi connectivity index (χ2n) is 8.28. The normalized spacial score (nSPS) is 13.1. The summed E-state index contributed by atoms with van der Waals surface area (Å²) in [5.74, 6) is -0.895. The number of ether oxygens (including phenoxy) is 3. The van der Waals surface area contributed by atoms with Gasteiger partial charge in [0.15, 0.2) is 0 Å². The highest BCUT2D eigenvalue weighted by Crippen LogP contribution is 2.20. The largest absolute Gasteiger partial charge is 0.497 e. The van der Waals surface area contributed by atoms with Crippen molar-refractivity contribution in [3.8, 4) is 11.5 Å². The van der Waals surface area contributed by atoms with E-state index < -0.39 is 11.8 Å². The first-order chi connectivity index (χ1) is 18.5. The Balaban J connectivity index is 1.35. The Morgan fingerprint density at radius 2 is 1.74 bits per heavy atom. The van der Waals surface area contributed by atoms with E-state index >= 15 is 0 Å². The lowest BCUT2D eigenvalue weighted by Crippen LogP contribution is -2.41. The van der Waals surface area contributed by atoms with Gasteiger partial charge in [0.1, 0.15) is 18.1 Å². The molecule has 1 aliphatic heterocycles. The Kier molecular flexibility index (Phi) is 9.03. The summed E-state index contributed by atoms with van der Waals surface area (Å²) < 4.78 is 16.4. The first-order valence-electron chi connectivity index (χ1n) is 12.0. The number of benzene rings is 3. The number of morpholine rings is 1. The van der Waals surface area contributed by atoms with Crippen molar-refractivity contribution in [3.63, 3.8) is 0 Å². The van der Waals surface area contributed by atoms with Gasteiger partial charge in [0.25, 0.3) is 5.91 Å². The predicted octanol–water partition coefficient (Wildman–Crippen LogP) is 2.84. The van der Waals surface area contributed by atoms with Gasteiger partial charge in [-0.15, -0.1) is 0 Å². The SMILES string of the molecule is COc1cccc(COc2ccccc2C=NNC(=O)C(=O)Nc2ccccc2C(=O)N2CCOCC2)c1. The molecule has 2 N–H and O–H groups in total. The van der Waals surface area contributed by atoms with Gasteiger partial charge in [-0.2, -0.15) is 5.10 Å². The molecule has 0 unspecified atom stereocenters. The zero-order valence-corrected chi connectivity index (χ0v) is 20.9. The molecule has 38 heavy (non-hydrogen) atoms. The van der Waals surface area contributed by atoms with Crippen LogP contribution in [-0.4, -0.2) is 62.2 Å². The molecule has 10 heteroatoms. The van der Waals surface area contributed by atoms with Gasteiger partial charge >= 0.3 is 11.8 Å². The van der Waals surface area contributed by atoms with E-state index in [4.69, 9.17) is 14.2 Å². The van der Waals surface area contributed by atoms with E-state index in [1.165, 1.54) is 6.21 Å². The van der Waals surface area contributed by atoms with Crippen LogP contribution in [0.25, 0.3) is 0 Å². The van der Waals surface area contributed by atoms with Gasteiger partial charge < -0.3 is 24.4 Å². The highest BCUT2D eigenvalue weighted by Gasteiger charge is 2.23. The van der Waals surface area contributed by atoms with Crippen LogP contribution in [0.2, 0.25) is 0 Å². The Labute approximate surface area is 220 Å². The van der Waals surface area contributed by atoms with Crippen LogP contribution in [-0.2, 0) is 20.9 Å². The first kappa shape index (κ1) is 26.4. The number of carbonyl (C=O) groups excluding carboxylic acids is 3. The number of methoxy groups -OCH3 is 1. The number of amides is 3. The second-order valence-corrected chi connectivity index (χ2v) is 8.28. The maximum Gasteiger partial charge on any atom is 0.329 e. The monoisotopic (exact) mass is 516 g/mol. The fourth-order valence-electron chi connectivity index (χ4n) is 3.75. The second kappa shape index (κ2) is 13.0. The average molecular weight is 517 g/mol. The number of carbonyl (C=O) groups is 3. The third-order valence-electron chi connectivity index (χ3n) is 5.73. The van der Waals surface area contributed by atoms with Crippen molar-refractivity contribution >= 4 is 29.6 Å². The van der Waals surface area contributed by atoms with E-state index in [-0.39, 0.29) is 11.6 Å². The minimum Gasteiger partial charge on any atom is -0.497 e.